The number of β-lactam (4-membered cyclic amide) rings is 1. The minimum Gasteiger partial charge on any atom is -0.331 e. The van der Waals surface area contributed by atoms with Crippen LogP contribution in [0.4, 0.5) is 4.79 Å². The topological polar surface area (TPSA) is 62.3 Å². The molecule has 2 atom stereocenters. The van der Waals surface area contributed by atoms with Gasteiger partial charge in [0.2, 0.25) is 5.91 Å². The zero-order valence-electron chi connectivity index (χ0n) is 14.1. The summed E-state index contributed by atoms with van der Waals surface area (Å²) in [6.07, 6.45) is 2.92. The molecule has 1 N–H and O–H groups in total. The van der Waals surface area contributed by atoms with Crippen LogP contribution in [0.1, 0.15) is 31.4 Å². The minimum atomic E-state index is -0.307. The molecule has 0 unspecified atom stereocenters. The van der Waals surface area contributed by atoms with Crippen molar-refractivity contribution < 1.29 is 9.59 Å². The Balaban J connectivity index is 1.59. The standard InChI is InChI=1S/C19H21N3O2S/c1-2-16(14-8-4-3-5-9-14)21-19(24)22-15(12-18(22)23)13-25-17-10-6-7-11-20-17/h3-11,15-16H,2,12-13H2,1H3,(H,21,24)/t15-,16-/m1/s1. The van der Waals surface area contributed by atoms with Crippen molar-refractivity contribution in [3.8, 4) is 0 Å². The molecular formula is C19H21N3O2S. The zero-order valence-corrected chi connectivity index (χ0v) is 14.9. The molecule has 0 bridgehead atoms. The predicted molar refractivity (Wildman–Crippen MR) is 98.2 cm³/mol. The van der Waals surface area contributed by atoms with Crippen LogP contribution in [0.2, 0.25) is 0 Å². The Morgan fingerprint density at radius 3 is 2.68 bits per heavy atom. The molecule has 1 saturated heterocycles. The van der Waals surface area contributed by atoms with E-state index < -0.39 is 0 Å². The van der Waals surface area contributed by atoms with Crippen molar-refractivity contribution in [3.63, 3.8) is 0 Å². The third-order valence-corrected chi connectivity index (χ3v) is 5.32. The molecule has 3 rings (SSSR count). The van der Waals surface area contributed by atoms with Crippen molar-refractivity contribution in [2.24, 2.45) is 0 Å². The number of hydrogen-bond acceptors (Lipinski definition) is 4. The second kappa shape index (κ2) is 8.16. The van der Waals surface area contributed by atoms with Gasteiger partial charge in [0.25, 0.3) is 0 Å². The quantitative estimate of drug-likeness (QED) is 0.635. The molecule has 0 spiro atoms. The molecule has 1 aromatic heterocycles. The summed E-state index contributed by atoms with van der Waals surface area (Å²) in [6, 6.07) is 15.1. The number of urea groups is 1. The van der Waals surface area contributed by atoms with Gasteiger partial charge in [0.05, 0.1) is 17.1 Å². The number of amides is 3. The van der Waals surface area contributed by atoms with Crippen molar-refractivity contribution in [2.45, 2.75) is 36.9 Å². The fraction of sp³-hybridized carbons (Fsp3) is 0.316. The second-order valence-corrected chi connectivity index (χ2v) is 6.96. The van der Waals surface area contributed by atoms with Gasteiger partial charge in [-0.1, -0.05) is 43.3 Å². The molecule has 2 aromatic rings. The number of hydrogen-bond donors (Lipinski definition) is 1. The summed E-state index contributed by atoms with van der Waals surface area (Å²) in [4.78, 5) is 30.1. The van der Waals surface area contributed by atoms with Crippen LogP contribution in [0.25, 0.3) is 0 Å². The van der Waals surface area contributed by atoms with Gasteiger partial charge in [-0.2, -0.15) is 0 Å². The molecule has 6 heteroatoms. The lowest BCUT2D eigenvalue weighted by Gasteiger charge is -2.39. The molecule has 1 aliphatic heterocycles. The number of carbonyl (C=O) groups is 2. The van der Waals surface area contributed by atoms with E-state index in [1.165, 1.54) is 4.90 Å². The normalized spacial score (nSPS) is 17.7. The van der Waals surface area contributed by atoms with Gasteiger partial charge in [0.1, 0.15) is 0 Å². The first-order valence-electron chi connectivity index (χ1n) is 8.40. The van der Waals surface area contributed by atoms with E-state index in [9.17, 15) is 9.59 Å². The maximum Gasteiger partial charge on any atom is 0.324 e. The Bertz CT molecular complexity index is 724. The molecule has 0 saturated carbocycles. The van der Waals surface area contributed by atoms with Crippen molar-refractivity contribution in [1.29, 1.82) is 0 Å². The Labute approximate surface area is 151 Å². The Hall–Kier alpha value is -2.34. The monoisotopic (exact) mass is 355 g/mol. The van der Waals surface area contributed by atoms with Crippen molar-refractivity contribution in [3.05, 3.63) is 60.3 Å². The number of nitrogens with one attached hydrogen (secondary N) is 1. The number of imide groups is 1. The van der Waals surface area contributed by atoms with Crippen molar-refractivity contribution in [2.75, 3.05) is 5.75 Å². The Morgan fingerprint density at radius 1 is 1.28 bits per heavy atom. The lowest BCUT2D eigenvalue weighted by Crippen LogP contribution is -2.60. The summed E-state index contributed by atoms with van der Waals surface area (Å²) in [5.74, 6) is 0.546. The third-order valence-electron chi connectivity index (χ3n) is 4.23. The number of pyridine rings is 1. The highest BCUT2D eigenvalue weighted by Gasteiger charge is 2.41. The van der Waals surface area contributed by atoms with E-state index in [-0.39, 0.29) is 24.0 Å². The van der Waals surface area contributed by atoms with E-state index in [2.05, 4.69) is 10.3 Å². The molecule has 0 radical (unpaired) electrons. The molecule has 2 heterocycles. The highest BCUT2D eigenvalue weighted by molar-refractivity contribution is 7.99. The average molecular weight is 355 g/mol. The fourth-order valence-corrected chi connectivity index (χ4v) is 3.77. The summed E-state index contributed by atoms with van der Waals surface area (Å²) < 4.78 is 0. The highest BCUT2D eigenvalue weighted by atomic mass is 32.2. The summed E-state index contributed by atoms with van der Waals surface area (Å²) in [6.45, 7) is 2.02. The highest BCUT2D eigenvalue weighted by Crippen LogP contribution is 2.27. The van der Waals surface area contributed by atoms with E-state index in [1.807, 2.05) is 55.5 Å². The van der Waals surface area contributed by atoms with E-state index in [0.29, 0.717) is 12.2 Å². The molecule has 1 aromatic carbocycles. The van der Waals surface area contributed by atoms with Crippen LogP contribution in [0.3, 0.4) is 0 Å². The minimum absolute atomic E-state index is 0.0761. The van der Waals surface area contributed by atoms with Gasteiger partial charge < -0.3 is 5.32 Å². The van der Waals surface area contributed by atoms with Crippen molar-refractivity contribution in [1.82, 2.24) is 15.2 Å². The first-order chi connectivity index (χ1) is 12.2. The third kappa shape index (κ3) is 4.20. The van der Waals surface area contributed by atoms with Crippen LogP contribution >= 0.6 is 11.8 Å². The first-order valence-corrected chi connectivity index (χ1v) is 9.39. The summed E-state index contributed by atoms with van der Waals surface area (Å²) >= 11 is 1.56. The average Bonchev–Trinajstić information content (AvgIpc) is 2.64. The van der Waals surface area contributed by atoms with E-state index in [1.54, 1.807) is 18.0 Å². The number of benzene rings is 1. The number of rotatable bonds is 6. The molecule has 1 fully saturated rings. The largest absolute Gasteiger partial charge is 0.331 e. The van der Waals surface area contributed by atoms with Gasteiger partial charge in [-0.15, -0.1) is 11.8 Å². The molecule has 1 aliphatic rings. The van der Waals surface area contributed by atoms with Gasteiger partial charge >= 0.3 is 6.03 Å². The molecule has 25 heavy (non-hydrogen) atoms. The van der Waals surface area contributed by atoms with E-state index >= 15 is 0 Å². The number of nitrogens with zero attached hydrogens (tertiary/aromatic N) is 2. The SMILES string of the molecule is CC[C@@H](NC(=O)N1C(=O)C[C@@H]1CSc1ccccn1)c1ccccc1. The van der Waals surface area contributed by atoms with Crippen molar-refractivity contribution >= 4 is 23.7 Å². The maximum atomic E-state index is 12.6. The number of thioether (sulfide) groups is 1. The van der Waals surface area contributed by atoms with E-state index in [0.717, 1.165) is 17.0 Å². The number of carbonyl (C=O) groups excluding carboxylic acids is 2. The molecule has 0 aliphatic carbocycles. The second-order valence-electron chi connectivity index (χ2n) is 5.92. The van der Waals surface area contributed by atoms with E-state index in [4.69, 9.17) is 0 Å². The predicted octanol–water partition coefficient (Wildman–Crippen LogP) is 3.64. The summed E-state index contributed by atoms with van der Waals surface area (Å²) in [5, 5.41) is 3.89. The maximum absolute atomic E-state index is 12.6. The van der Waals surface area contributed by atoms with Gasteiger partial charge in [0.15, 0.2) is 0 Å². The van der Waals surface area contributed by atoms with Crippen LogP contribution in [0, 0.1) is 0 Å². The Morgan fingerprint density at radius 2 is 2.04 bits per heavy atom. The van der Waals surface area contributed by atoms with Crippen LogP contribution in [-0.4, -0.2) is 33.6 Å². The van der Waals surface area contributed by atoms with Crippen LogP contribution < -0.4 is 5.32 Å². The molecule has 3 amide bonds. The fourth-order valence-electron chi connectivity index (χ4n) is 2.83. The van der Waals surface area contributed by atoms with Crippen LogP contribution in [0.15, 0.2) is 59.8 Å². The number of aromatic nitrogens is 1. The van der Waals surface area contributed by atoms with Gasteiger partial charge in [-0.05, 0) is 24.1 Å². The molecular weight excluding hydrogens is 334 g/mol. The smallest absolute Gasteiger partial charge is 0.324 e. The zero-order chi connectivity index (χ0) is 17.6. The number of likely N-dealkylation sites (tertiary alicyclic amines) is 1. The first kappa shape index (κ1) is 17.5. The van der Waals surface area contributed by atoms with Gasteiger partial charge in [-0.25, -0.2) is 9.78 Å². The lowest BCUT2D eigenvalue weighted by molar-refractivity contribution is -0.139. The summed E-state index contributed by atoms with van der Waals surface area (Å²) in [5.41, 5.74) is 1.05. The lowest BCUT2D eigenvalue weighted by atomic mass is 10.0. The Kier molecular flexibility index (Phi) is 5.71. The van der Waals surface area contributed by atoms with Crippen LogP contribution in [0.5, 0.6) is 0 Å². The van der Waals surface area contributed by atoms with Crippen LogP contribution in [-0.2, 0) is 4.79 Å². The molecule has 130 valence electrons. The van der Waals surface area contributed by atoms with Gasteiger partial charge in [0, 0.05) is 18.4 Å². The summed E-state index contributed by atoms with van der Waals surface area (Å²) in [7, 11) is 0. The van der Waals surface area contributed by atoms with Gasteiger partial charge in [-0.3, -0.25) is 9.69 Å². The molecule has 5 nitrogen and oxygen atoms in total.